The predicted molar refractivity (Wildman–Crippen MR) is 69.3 cm³/mol. The van der Waals surface area contributed by atoms with Crippen LogP contribution in [0, 0.1) is 0 Å². The molecule has 0 aromatic carbocycles. The molecule has 0 saturated carbocycles. The molecule has 1 aromatic heterocycles. The maximum Gasteiger partial charge on any atom is 0.147 e. The summed E-state index contributed by atoms with van der Waals surface area (Å²) in [5, 5.41) is 9.63. The van der Waals surface area contributed by atoms with Gasteiger partial charge in [0, 0.05) is 25.0 Å². The Kier molecular flexibility index (Phi) is 4.32. The normalized spacial score (nSPS) is 17.2. The zero-order valence-corrected chi connectivity index (χ0v) is 10.6. The van der Waals surface area contributed by atoms with E-state index in [1.54, 1.807) is 12.3 Å². The minimum absolute atomic E-state index is 0.0111. The molecule has 0 amide bonds. The number of rotatable bonds is 2. The van der Waals surface area contributed by atoms with Gasteiger partial charge in [0.1, 0.15) is 5.82 Å². The van der Waals surface area contributed by atoms with E-state index < -0.39 is 0 Å². The maximum atomic E-state index is 8.99. The van der Waals surface area contributed by atoms with Crippen LogP contribution >= 0.6 is 23.4 Å². The van der Waals surface area contributed by atoms with E-state index in [0.29, 0.717) is 5.02 Å². The van der Waals surface area contributed by atoms with Crippen LogP contribution in [0.1, 0.15) is 12.0 Å². The van der Waals surface area contributed by atoms with E-state index in [4.69, 9.17) is 16.7 Å². The first-order chi connectivity index (χ1) is 7.81. The van der Waals surface area contributed by atoms with Crippen molar-refractivity contribution in [3.8, 4) is 0 Å². The zero-order chi connectivity index (χ0) is 11.4. The van der Waals surface area contributed by atoms with Crippen LogP contribution in [0.3, 0.4) is 0 Å². The fourth-order valence-electron chi connectivity index (χ4n) is 1.75. The summed E-state index contributed by atoms with van der Waals surface area (Å²) in [6, 6.07) is 1.79. The van der Waals surface area contributed by atoms with Crippen LogP contribution in [0.4, 0.5) is 5.82 Å². The standard InChI is InChI=1S/C11H15ClN2OS/c12-10-6-9(8-15)7-13-11(10)14-2-1-4-16-5-3-14/h6-7,15H,1-5,8H2. The lowest BCUT2D eigenvalue weighted by atomic mass is 10.3. The average Bonchev–Trinajstić information content (AvgIpc) is 2.57. The van der Waals surface area contributed by atoms with Crippen molar-refractivity contribution in [2.24, 2.45) is 0 Å². The Labute approximate surface area is 105 Å². The summed E-state index contributed by atoms with van der Waals surface area (Å²) < 4.78 is 0. The van der Waals surface area contributed by atoms with E-state index in [1.165, 1.54) is 12.2 Å². The molecule has 2 heterocycles. The van der Waals surface area contributed by atoms with Gasteiger partial charge in [0.25, 0.3) is 0 Å². The number of thioether (sulfide) groups is 1. The highest BCUT2D eigenvalue weighted by molar-refractivity contribution is 7.99. The molecule has 5 heteroatoms. The Hall–Kier alpha value is -0.450. The third-order valence-corrected chi connectivity index (χ3v) is 3.91. The first kappa shape index (κ1) is 12.0. The van der Waals surface area contributed by atoms with Crippen LogP contribution in [0.5, 0.6) is 0 Å². The Morgan fingerprint density at radius 2 is 2.31 bits per heavy atom. The second-order valence-corrected chi connectivity index (χ2v) is 5.39. The highest BCUT2D eigenvalue weighted by atomic mass is 35.5. The Balaban J connectivity index is 2.18. The van der Waals surface area contributed by atoms with E-state index in [-0.39, 0.29) is 6.61 Å². The monoisotopic (exact) mass is 258 g/mol. The minimum atomic E-state index is -0.0111. The highest BCUT2D eigenvalue weighted by Crippen LogP contribution is 2.26. The molecular weight excluding hydrogens is 244 g/mol. The second kappa shape index (κ2) is 5.75. The fourth-order valence-corrected chi connectivity index (χ4v) is 2.94. The first-order valence-corrected chi connectivity index (χ1v) is 6.92. The second-order valence-electron chi connectivity index (χ2n) is 3.76. The van der Waals surface area contributed by atoms with E-state index in [0.717, 1.165) is 30.2 Å². The van der Waals surface area contributed by atoms with Gasteiger partial charge in [0.15, 0.2) is 0 Å². The minimum Gasteiger partial charge on any atom is -0.392 e. The topological polar surface area (TPSA) is 36.4 Å². The number of halogens is 1. The number of aliphatic hydroxyl groups is 1. The number of aromatic nitrogens is 1. The Morgan fingerprint density at radius 3 is 3.06 bits per heavy atom. The van der Waals surface area contributed by atoms with Crippen molar-refractivity contribution >= 4 is 29.2 Å². The molecule has 0 aliphatic carbocycles. The van der Waals surface area contributed by atoms with Gasteiger partial charge in [0.05, 0.1) is 11.6 Å². The van der Waals surface area contributed by atoms with Crippen LogP contribution in [0.25, 0.3) is 0 Å². The van der Waals surface area contributed by atoms with E-state index >= 15 is 0 Å². The van der Waals surface area contributed by atoms with Crippen molar-refractivity contribution in [3.63, 3.8) is 0 Å². The molecular formula is C11H15ClN2OS. The number of nitrogens with zero attached hydrogens (tertiary/aromatic N) is 2. The van der Waals surface area contributed by atoms with Gasteiger partial charge in [-0.05, 0) is 23.8 Å². The van der Waals surface area contributed by atoms with E-state index in [1.807, 2.05) is 11.8 Å². The molecule has 0 bridgehead atoms. The van der Waals surface area contributed by atoms with Gasteiger partial charge < -0.3 is 10.0 Å². The van der Waals surface area contributed by atoms with Crippen molar-refractivity contribution in [1.29, 1.82) is 0 Å². The zero-order valence-electron chi connectivity index (χ0n) is 9.03. The third-order valence-electron chi connectivity index (χ3n) is 2.58. The lowest BCUT2D eigenvalue weighted by Gasteiger charge is -2.22. The summed E-state index contributed by atoms with van der Waals surface area (Å²) in [5.41, 5.74) is 0.762. The van der Waals surface area contributed by atoms with Crippen LogP contribution in [-0.4, -0.2) is 34.7 Å². The third kappa shape index (κ3) is 2.81. The highest BCUT2D eigenvalue weighted by Gasteiger charge is 2.14. The van der Waals surface area contributed by atoms with E-state index in [9.17, 15) is 0 Å². The fraction of sp³-hybridized carbons (Fsp3) is 0.545. The van der Waals surface area contributed by atoms with Crippen molar-refractivity contribution in [2.45, 2.75) is 13.0 Å². The first-order valence-electron chi connectivity index (χ1n) is 5.39. The SMILES string of the molecule is OCc1cnc(N2CCCSCC2)c(Cl)c1. The number of aliphatic hydroxyl groups excluding tert-OH is 1. The van der Waals surface area contributed by atoms with Crippen molar-refractivity contribution < 1.29 is 5.11 Å². The molecule has 1 aliphatic rings. The lowest BCUT2D eigenvalue weighted by molar-refractivity contribution is 0.281. The molecule has 1 aromatic rings. The van der Waals surface area contributed by atoms with Crippen molar-refractivity contribution in [2.75, 3.05) is 29.5 Å². The van der Waals surface area contributed by atoms with Gasteiger partial charge in [-0.15, -0.1) is 0 Å². The maximum absolute atomic E-state index is 8.99. The van der Waals surface area contributed by atoms with Crippen LogP contribution < -0.4 is 4.90 Å². The van der Waals surface area contributed by atoms with Crippen LogP contribution in [0.15, 0.2) is 12.3 Å². The summed E-state index contributed by atoms with van der Waals surface area (Å²) in [6.45, 7) is 2.00. The molecule has 1 N–H and O–H groups in total. The number of hydrogen-bond donors (Lipinski definition) is 1. The molecule has 0 spiro atoms. The predicted octanol–water partition coefficient (Wildman–Crippen LogP) is 2.17. The molecule has 0 radical (unpaired) electrons. The quantitative estimate of drug-likeness (QED) is 0.882. The van der Waals surface area contributed by atoms with Gasteiger partial charge in [-0.2, -0.15) is 11.8 Å². The Morgan fingerprint density at radius 1 is 1.44 bits per heavy atom. The molecule has 0 unspecified atom stereocenters. The van der Waals surface area contributed by atoms with E-state index in [2.05, 4.69) is 9.88 Å². The van der Waals surface area contributed by atoms with Gasteiger partial charge in [0.2, 0.25) is 0 Å². The molecule has 1 fully saturated rings. The van der Waals surface area contributed by atoms with Gasteiger partial charge in [-0.25, -0.2) is 4.98 Å². The van der Waals surface area contributed by atoms with Gasteiger partial charge in [-0.1, -0.05) is 11.6 Å². The molecule has 16 heavy (non-hydrogen) atoms. The number of pyridine rings is 1. The molecule has 3 nitrogen and oxygen atoms in total. The van der Waals surface area contributed by atoms with Gasteiger partial charge >= 0.3 is 0 Å². The summed E-state index contributed by atoms with van der Waals surface area (Å²) in [4.78, 5) is 6.56. The number of hydrogen-bond acceptors (Lipinski definition) is 4. The Bertz CT molecular complexity index is 354. The van der Waals surface area contributed by atoms with Crippen molar-refractivity contribution in [1.82, 2.24) is 4.98 Å². The molecule has 0 atom stereocenters. The molecule has 88 valence electrons. The summed E-state index contributed by atoms with van der Waals surface area (Å²) in [6.07, 6.45) is 2.86. The largest absolute Gasteiger partial charge is 0.392 e. The average molecular weight is 259 g/mol. The summed E-state index contributed by atoms with van der Waals surface area (Å²) in [5.74, 6) is 3.18. The number of anilines is 1. The van der Waals surface area contributed by atoms with Crippen LogP contribution in [0.2, 0.25) is 5.02 Å². The van der Waals surface area contributed by atoms with Crippen molar-refractivity contribution in [3.05, 3.63) is 22.8 Å². The molecule has 1 aliphatic heterocycles. The van der Waals surface area contributed by atoms with Gasteiger partial charge in [-0.3, -0.25) is 0 Å². The molecule has 1 saturated heterocycles. The molecule has 2 rings (SSSR count). The van der Waals surface area contributed by atoms with Crippen LogP contribution in [-0.2, 0) is 6.61 Å². The summed E-state index contributed by atoms with van der Waals surface area (Å²) in [7, 11) is 0. The lowest BCUT2D eigenvalue weighted by Crippen LogP contribution is -2.26. The smallest absolute Gasteiger partial charge is 0.147 e. The summed E-state index contributed by atoms with van der Waals surface area (Å²) >= 11 is 8.15.